The van der Waals surface area contributed by atoms with Gasteiger partial charge in [0.15, 0.2) is 5.65 Å². The molecule has 3 heterocycles. The van der Waals surface area contributed by atoms with Crippen LogP contribution in [-0.4, -0.2) is 63.1 Å². The minimum atomic E-state index is -0.237. The van der Waals surface area contributed by atoms with Crippen molar-refractivity contribution in [3.8, 4) is 0 Å². The maximum atomic E-state index is 12.9. The second kappa shape index (κ2) is 8.56. The van der Waals surface area contributed by atoms with Crippen LogP contribution in [0, 0.1) is 18.8 Å². The summed E-state index contributed by atoms with van der Waals surface area (Å²) in [6.45, 7) is 7.47. The van der Waals surface area contributed by atoms with Crippen LogP contribution < -0.4 is 5.84 Å². The smallest absolute Gasteiger partial charge is 0.271 e. The number of likely N-dealkylation sites (tertiary alicyclic amines) is 1. The number of aliphatic hydroxyl groups is 1. The van der Waals surface area contributed by atoms with E-state index in [0.717, 1.165) is 32.5 Å². The summed E-state index contributed by atoms with van der Waals surface area (Å²) in [5.74, 6) is 6.55. The number of hydrogen-bond acceptors (Lipinski definition) is 5. The van der Waals surface area contributed by atoms with Gasteiger partial charge in [-0.2, -0.15) is 0 Å². The largest absolute Gasteiger partial charge is 0.396 e. The molecule has 0 unspecified atom stereocenters. The van der Waals surface area contributed by atoms with Gasteiger partial charge in [-0.1, -0.05) is 18.5 Å². The van der Waals surface area contributed by atoms with Crippen LogP contribution in [0.1, 0.15) is 35.8 Å². The van der Waals surface area contributed by atoms with E-state index in [-0.39, 0.29) is 12.5 Å². The summed E-state index contributed by atoms with van der Waals surface area (Å²) < 4.78 is 1.71. The molecule has 0 spiro atoms. The van der Waals surface area contributed by atoms with E-state index < -0.39 is 0 Å². The number of nitrogens with two attached hydrogens (primary N) is 1. The molecule has 27 heavy (non-hydrogen) atoms. The first-order chi connectivity index (χ1) is 12.9. The van der Waals surface area contributed by atoms with E-state index in [1.165, 1.54) is 5.01 Å². The van der Waals surface area contributed by atoms with E-state index in [1.54, 1.807) is 22.7 Å². The highest BCUT2D eigenvalue weighted by molar-refractivity contribution is 6.30. The Bertz CT molecular complexity index is 801. The third-order valence-corrected chi connectivity index (χ3v) is 5.74. The molecule has 8 heteroatoms. The molecule has 3 rings (SSSR count). The van der Waals surface area contributed by atoms with E-state index in [9.17, 15) is 9.90 Å². The summed E-state index contributed by atoms with van der Waals surface area (Å²) in [6, 6.07) is 3.51. The number of amides is 1. The third kappa shape index (κ3) is 4.43. The number of carbonyl (C=O) groups is 1. The number of hydrazine groups is 1. The Morgan fingerprint density at radius 3 is 2.85 bits per heavy atom. The van der Waals surface area contributed by atoms with Crippen molar-refractivity contribution in [1.29, 1.82) is 0 Å². The van der Waals surface area contributed by atoms with E-state index in [4.69, 9.17) is 17.4 Å². The number of fused-ring (bicyclic) bond motifs is 1. The van der Waals surface area contributed by atoms with Gasteiger partial charge in [0.2, 0.25) is 0 Å². The Kier molecular flexibility index (Phi) is 6.37. The highest BCUT2D eigenvalue weighted by atomic mass is 35.5. The molecule has 148 valence electrons. The predicted octanol–water partition coefficient (Wildman–Crippen LogP) is 1.95. The molecule has 1 atom stereocenters. The van der Waals surface area contributed by atoms with Gasteiger partial charge in [0, 0.05) is 25.9 Å². The minimum Gasteiger partial charge on any atom is -0.396 e. The molecule has 0 aliphatic carbocycles. The Balaban J connectivity index is 1.62. The standard InChI is InChI=1S/C19H28ClN5O2/c1-13(12-26)10-23-8-5-15(6-9-23)11-25(21)19(27)16-4-3-7-24-17(20)14(2)22-18(16)24/h3-4,7,13,15,26H,5-6,8-12,21H2,1-2H3/t13-/m1/s1. The van der Waals surface area contributed by atoms with Crippen molar-refractivity contribution in [3.63, 3.8) is 0 Å². The van der Waals surface area contributed by atoms with E-state index >= 15 is 0 Å². The van der Waals surface area contributed by atoms with Crippen LogP contribution in [0.4, 0.5) is 0 Å². The monoisotopic (exact) mass is 393 g/mol. The van der Waals surface area contributed by atoms with Gasteiger partial charge in [-0.25, -0.2) is 10.8 Å². The molecular formula is C19H28ClN5O2. The fourth-order valence-electron chi connectivity index (χ4n) is 3.68. The first-order valence-corrected chi connectivity index (χ1v) is 9.81. The molecule has 1 amide bonds. The zero-order chi connectivity index (χ0) is 19.6. The minimum absolute atomic E-state index is 0.216. The van der Waals surface area contributed by atoms with Crippen LogP contribution in [0.3, 0.4) is 0 Å². The van der Waals surface area contributed by atoms with E-state index in [1.807, 2.05) is 6.92 Å². The lowest BCUT2D eigenvalue weighted by Crippen LogP contribution is -2.45. The summed E-state index contributed by atoms with van der Waals surface area (Å²) in [5, 5.41) is 11.0. The fraction of sp³-hybridized carbons (Fsp3) is 0.579. The highest BCUT2D eigenvalue weighted by Crippen LogP contribution is 2.22. The van der Waals surface area contributed by atoms with Crippen molar-refractivity contribution in [2.45, 2.75) is 26.7 Å². The molecule has 7 nitrogen and oxygen atoms in total. The maximum absolute atomic E-state index is 12.9. The van der Waals surface area contributed by atoms with Crippen LogP contribution in [0.15, 0.2) is 18.3 Å². The number of rotatable bonds is 6. The Labute approximate surface area is 164 Å². The second-order valence-corrected chi connectivity index (χ2v) is 7.95. The summed E-state index contributed by atoms with van der Waals surface area (Å²) in [5.41, 5.74) is 1.68. The quantitative estimate of drug-likeness (QED) is 0.445. The van der Waals surface area contributed by atoms with Gasteiger partial charge in [-0.3, -0.25) is 14.2 Å². The number of nitrogens with zero attached hydrogens (tertiary/aromatic N) is 4. The lowest BCUT2D eigenvalue weighted by Gasteiger charge is -2.34. The van der Waals surface area contributed by atoms with Crippen LogP contribution >= 0.6 is 11.6 Å². The van der Waals surface area contributed by atoms with Crippen molar-refractivity contribution in [1.82, 2.24) is 19.3 Å². The van der Waals surface area contributed by atoms with E-state index in [0.29, 0.717) is 40.4 Å². The molecule has 1 aliphatic rings. The Morgan fingerprint density at radius 1 is 1.48 bits per heavy atom. The van der Waals surface area contributed by atoms with Gasteiger partial charge in [-0.15, -0.1) is 0 Å². The number of pyridine rings is 1. The number of piperidine rings is 1. The molecule has 0 aromatic carbocycles. The normalized spacial score (nSPS) is 17.4. The zero-order valence-electron chi connectivity index (χ0n) is 15.9. The number of imidazole rings is 1. The first kappa shape index (κ1) is 20.1. The summed E-state index contributed by atoms with van der Waals surface area (Å²) >= 11 is 6.24. The number of aromatic nitrogens is 2. The van der Waals surface area contributed by atoms with Gasteiger partial charge in [0.25, 0.3) is 5.91 Å². The van der Waals surface area contributed by atoms with Gasteiger partial charge in [0.05, 0.1) is 11.3 Å². The van der Waals surface area contributed by atoms with Crippen molar-refractivity contribution in [2.24, 2.45) is 17.7 Å². The molecular weight excluding hydrogens is 366 g/mol. The van der Waals surface area contributed by atoms with Crippen molar-refractivity contribution >= 4 is 23.2 Å². The van der Waals surface area contributed by atoms with Crippen molar-refractivity contribution in [3.05, 3.63) is 34.7 Å². The number of carbonyl (C=O) groups excluding carboxylic acids is 1. The molecule has 0 radical (unpaired) electrons. The first-order valence-electron chi connectivity index (χ1n) is 9.43. The summed E-state index contributed by atoms with van der Waals surface area (Å²) in [7, 11) is 0. The highest BCUT2D eigenvalue weighted by Gasteiger charge is 2.25. The molecule has 2 aromatic rings. The van der Waals surface area contributed by atoms with Gasteiger partial charge < -0.3 is 10.0 Å². The second-order valence-electron chi connectivity index (χ2n) is 7.59. The van der Waals surface area contributed by atoms with Crippen LogP contribution in [0.2, 0.25) is 5.15 Å². The molecule has 0 saturated carbocycles. The zero-order valence-corrected chi connectivity index (χ0v) is 16.7. The van der Waals surface area contributed by atoms with Crippen LogP contribution in [0.5, 0.6) is 0 Å². The fourth-order valence-corrected chi connectivity index (χ4v) is 3.86. The number of aryl methyl sites for hydroxylation is 1. The number of hydrogen-bond donors (Lipinski definition) is 2. The SMILES string of the molecule is Cc1nc2c(C(=O)N(N)CC3CCN(C[C@@H](C)CO)CC3)cccn2c1Cl. The third-order valence-electron chi connectivity index (χ3n) is 5.29. The number of halogens is 1. The maximum Gasteiger partial charge on any atom is 0.271 e. The molecule has 1 fully saturated rings. The van der Waals surface area contributed by atoms with Gasteiger partial charge in [-0.05, 0) is 56.8 Å². The lowest BCUT2D eigenvalue weighted by atomic mass is 9.95. The average Bonchev–Trinajstić information content (AvgIpc) is 2.97. The van der Waals surface area contributed by atoms with Crippen LogP contribution in [0.25, 0.3) is 5.65 Å². The van der Waals surface area contributed by atoms with Crippen molar-refractivity contribution in [2.75, 3.05) is 32.8 Å². The molecule has 0 bridgehead atoms. The molecule has 3 N–H and O–H groups in total. The summed E-state index contributed by atoms with van der Waals surface area (Å²) in [4.78, 5) is 19.6. The molecule has 1 saturated heterocycles. The average molecular weight is 394 g/mol. The molecule has 1 aliphatic heterocycles. The van der Waals surface area contributed by atoms with Crippen molar-refractivity contribution < 1.29 is 9.90 Å². The Morgan fingerprint density at radius 2 is 2.19 bits per heavy atom. The number of aliphatic hydroxyl groups excluding tert-OH is 1. The van der Waals surface area contributed by atoms with Gasteiger partial charge >= 0.3 is 0 Å². The molecule has 2 aromatic heterocycles. The van der Waals surface area contributed by atoms with Gasteiger partial charge in [0.1, 0.15) is 5.15 Å². The topological polar surface area (TPSA) is 87.1 Å². The summed E-state index contributed by atoms with van der Waals surface area (Å²) in [6.07, 6.45) is 3.79. The Hall–Kier alpha value is -1.67. The van der Waals surface area contributed by atoms with Crippen LogP contribution in [-0.2, 0) is 0 Å². The lowest BCUT2D eigenvalue weighted by molar-refractivity contribution is 0.0678. The van der Waals surface area contributed by atoms with E-state index in [2.05, 4.69) is 16.8 Å². The predicted molar refractivity (Wildman–Crippen MR) is 106 cm³/mol.